The Bertz CT molecular complexity index is 955. The van der Waals surface area contributed by atoms with Crippen LogP contribution in [0.4, 0.5) is 0 Å². The van der Waals surface area contributed by atoms with Gasteiger partial charge in [-0.1, -0.05) is 42.5 Å². The zero-order valence-electron chi connectivity index (χ0n) is 14.2. The number of hydrogen-bond acceptors (Lipinski definition) is 4. The van der Waals surface area contributed by atoms with Gasteiger partial charge in [-0.2, -0.15) is 0 Å². The Morgan fingerprint density at radius 2 is 1.81 bits per heavy atom. The Balaban J connectivity index is 1.80. The lowest BCUT2D eigenvalue weighted by Gasteiger charge is -2.16. The third kappa shape index (κ3) is 3.80. The van der Waals surface area contributed by atoms with Gasteiger partial charge in [0.15, 0.2) is 0 Å². The lowest BCUT2D eigenvalue weighted by molar-refractivity contribution is -0.139. The Kier molecular flexibility index (Phi) is 5.12. The maximum absolute atomic E-state index is 12.5. The first kappa shape index (κ1) is 17.4. The van der Waals surface area contributed by atoms with Crippen LogP contribution in [0.5, 0.6) is 5.75 Å². The van der Waals surface area contributed by atoms with E-state index in [-0.39, 0.29) is 12.1 Å². The normalized spacial score (nSPS) is 11.7. The molecule has 0 unspecified atom stereocenters. The van der Waals surface area contributed by atoms with E-state index in [2.05, 4.69) is 10.3 Å². The molecule has 0 aliphatic rings. The van der Waals surface area contributed by atoms with Crippen molar-refractivity contribution in [3.05, 3.63) is 71.9 Å². The van der Waals surface area contributed by atoms with Crippen LogP contribution in [-0.4, -0.2) is 35.1 Å². The molecule has 0 saturated carbocycles. The van der Waals surface area contributed by atoms with E-state index in [0.29, 0.717) is 16.8 Å². The van der Waals surface area contributed by atoms with Crippen LogP contribution < -0.4 is 10.1 Å². The molecule has 0 aliphatic heterocycles. The summed E-state index contributed by atoms with van der Waals surface area (Å²) in [4.78, 5) is 28.4. The average Bonchev–Trinajstić information content (AvgIpc) is 2.67. The van der Waals surface area contributed by atoms with Crippen molar-refractivity contribution in [1.29, 1.82) is 0 Å². The summed E-state index contributed by atoms with van der Waals surface area (Å²) in [6, 6.07) is 16.8. The molecule has 0 bridgehead atoms. The molecule has 0 radical (unpaired) electrons. The van der Waals surface area contributed by atoms with Gasteiger partial charge in [0.25, 0.3) is 5.91 Å². The maximum atomic E-state index is 12.5. The third-order valence-electron chi connectivity index (χ3n) is 4.05. The molecule has 0 fully saturated rings. The van der Waals surface area contributed by atoms with Crippen molar-refractivity contribution in [3.8, 4) is 5.75 Å². The number of fused-ring (bicyclic) bond motifs is 1. The predicted octanol–water partition coefficient (Wildman–Crippen LogP) is 2.67. The molecule has 1 atom stereocenters. The lowest BCUT2D eigenvalue weighted by atomic mass is 10.0. The van der Waals surface area contributed by atoms with Crippen molar-refractivity contribution < 1.29 is 19.4 Å². The van der Waals surface area contributed by atoms with Crippen LogP contribution in [0.15, 0.2) is 60.7 Å². The number of hydrogen-bond donors (Lipinski definition) is 2. The molecule has 0 spiro atoms. The van der Waals surface area contributed by atoms with E-state index in [4.69, 9.17) is 4.74 Å². The van der Waals surface area contributed by atoms with E-state index < -0.39 is 17.9 Å². The van der Waals surface area contributed by atoms with Gasteiger partial charge in [-0.15, -0.1) is 0 Å². The fraction of sp³-hybridized carbons (Fsp3) is 0.150. The van der Waals surface area contributed by atoms with Gasteiger partial charge < -0.3 is 15.2 Å². The summed E-state index contributed by atoms with van der Waals surface area (Å²) >= 11 is 0. The van der Waals surface area contributed by atoms with Gasteiger partial charge in [0.1, 0.15) is 17.5 Å². The second kappa shape index (κ2) is 7.65. The first-order chi connectivity index (χ1) is 12.6. The molecule has 3 rings (SSSR count). The van der Waals surface area contributed by atoms with Crippen molar-refractivity contribution in [1.82, 2.24) is 10.3 Å². The standard InChI is InChI=1S/C20H18N2O4/c1-26-18-9-5-3-7-14(18)12-17(20(24)25)22-19(23)16-11-10-13-6-2-4-8-15(13)21-16/h2-11,17H,12H2,1H3,(H,22,23)(H,24,25)/t17-/m1/s1. The Morgan fingerprint density at radius 1 is 1.08 bits per heavy atom. The van der Waals surface area contributed by atoms with Crippen LogP contribution in [0, 0.1) is 0 Å². The molecule has 2 aromatic carbocycles. The van der Waals surface area contributed by atoms with Crippen LogP contribution in [-0.2, 0) is 11.2 Å². The number of nitrogens with zero attached hydrogens (tertiary/aromatic N) is 1. The van der Waals surface area contributed by atoms with Crippen LogP contribution in [0.3, 0.4) is 0 Å². The van der Waals surface area contributed by atoms with Gasteiger partial charge >= 0.3 is 5.97 Å². The first-order valence-corrected chi connectivity index (χ1v) is 8.10. The van der Waals surface area contributed by atoms with E-state index in [1.165, 1.54) is 7.11 Å². The fourth-order valence-electron chi connectivity index (χ4n) is 2.72. The zero-order valence-corrected chi connectivity index (χ0v) is 14.2. The number of carbonyl (C=O) groups is 2. The summed E-state index contributed by atoms with van der Waals surface area (Å²) < 4.78 is 5.25. The molecule has 1 amide bonds. The van der Waals surface area contributed by atoms with Crippen LogP contribution in [0.1, 0.15) is 16.1 Å². The number of carboxylic acids is 1. The molecule has 1 aromatic heterocycles. The topological polar surface area (TPSA) is 88.5 Å². The van der Waals surface area contributed by atoms with E-state index in [1.807, 2.05) is 18.2 Å². The molecular weight excluding hydrogens is 332 g/mol. The van der Waals surface area contributed by atoms with Crippen LogP contribution >= 0.6 is 0 Å². The maximum Gasteiger partial charge on any atom is 0.326 e. The highest BCUT2D eigenvalue weighted by atomic mass is 16.5. The number of methoxy groups -OCH3 is 1. The van der Waals surface area contributed by atoms with Crippen molar-refractivity contribution in [2.24, 2.45) is 0 Å². The smallest absolute Gasteiger partial charge is 0.326 e. The number of amides is 1. The van der Waals surface area contributed by atoms with Crippen molar-refractivity contribution in [3.63, 3.8) is 0 Å². The summed E-state index contributed by atoms with van der Waals surface area (Å²) in [5, 5.41) is 12.9. The Hall–Kier alpha value is -3.41. The number of carbonyl (C=O) groups excluding carboxylic acids is 1. The van der Waals surface area contributed by atoms with Crippen molar-refractivity contribution in [2.45, 2.75) is 12.5 Å². The first-order valence-electron chi connectivity index (χ1n) is 8.10. The number of aliphatic carboxylic acids is 1. The minimum atomic E-state index is -1.12. The number of nitrogens with one attached hydrogen (secondary N) is 1. The summed E-state index contributed by atoms with van der Waals surface area (Å²) in [5.74, 6) is -1.07. The zero-order chi connectivity index (χ0) is 18.5. The average molecular weight is 350 g/mol. The summed E-state index contributed by atoms with van der Waals surface area (Å²) in [6.07, 6.45) is 0.110. The fourth-order valence-corrected chi connectivity index (χ4v) is 2.72. The van der Waals surface area contributed by atoms with Crippen molar-refractivity contribution >= 4 is 22.8 Å². The SMILES string of the molecule is COc1ccccc1C[C@@H](NC(=O)c1ccc2ccccc2n1)C(=O)O. The van der Waals surface area contributed by atoms with Crippen molar-refractivity contribution in [2.75, 3.05) is 7.11 Å². The number of rotatable bonds is 6. The molecule has 132 valence electrons. The highest BCUT2D eigenvalue weighted by Crippen LogP contribution is 2.19. The quantitative estimate of drug-likeness (QED) is 0.713. The molecule has 6 heteroatoms. The predicted molar refractivity (Wildman–Crippen MR) is 97.3 cm³/mol. The molecule has 3 aromatic rings. The van der Waals surface area contributed by atoms with Gasteiger partial charge in [-0.05, 0) is 23.8 Å². The van der Waals surface area contributed by atoms with E-state index in [9.17, 15) is 14.7 Å². The Labute approximate surface area is 150 Å². The summed E-state index contributed by atoms with van der Waals surface area (Å²) in [5.41, 5.74) is 1.56. The number of para-hydroxylation sites is 2. The van der Waals surface area contributed by atoms with Gasteiger partial charge in [-0.25, -0.2) is 9.78 Å². The minimum Gasteiger partial charge on any atom is -0.496 e. The molecular formula is C20H18N2O4. The number of benzene rings is 2. The van der Waals surface area contributed by atoms with Gasteiger partial charge in [0.05, 0.1) is 12.6 Å². The molecule has 6 nitrogen and oxygen atoms in total. The second-order valence-electron chi connectivity index (χ2n) is 5.77. The number of ether oxygens (including phenoxy) is 1. The Morgan fingerprint density at radius 3 is 2.58 bits per heavy atom. The number of aromatic nitrogens is 1. The summed E-state index contributed by atoms with van der Waals surface area (Å²) in [6.45, 7) is 0. The molecule has 2 N–H and O–H groups in total. The van der Waals surface area contributed by atoms with Gasteiger partial charge in [0, 0.05) is 11.8 Å². The number of carboxylic acid groups (broad SMARTS) is 1. The van der Waals surface area contributed by atoms with E-state index in [0.717, 1.165) is 5.39 Å². The number of pyridine rings is 1. The van der Waals surface area contributed by atoms with Crippen LogP contribution in [0.2, 0.25) is 0 Å². The highest BCUT2D eigenvalue weighted by Gasteiger charge is 2.23. The van der Waals surface area contributed by atoms with Gasteiger partial charge in [-0.3, -0.25) is 4.79 Å². The molecule has 0 aliphatic carbocycles. The lowest BCUT2D eigenvalue weighted by Crippen LogP contribution is -2.42. The second-order valence-corrected chi connectivity index (χ2v) is 5.77. The molecule has 0 saturated heterocycles. The third-order valence-corrected chi connectivity index (χ3v) is 4.05. The minimum absolute atomic E-state index is 0.110. The molecule has 1 heterocycles. The largest absolute Gasteiger partial charge is 0.496 e. The highest BCUT2D eigenvalue weighted by molar-refractivity contribution is 5.97. The van der Waals surface area contributed by atoms with Gasteiger partial charge in [0.2, 0.25) is 0 Å². The van der Waals surface area contributed by atoms with E-state index in [1.54, 1.807) is 42.5 Å². The van der Waals surface area contributed by atoms with E-state index >= 15 is 0 Å². The molecule has 26 heavy (non-hydrogen) atoms. The van der Waals surface area contributed by atoms with Crippen LogP contribution in [0.25, 0.3) is 10.9 Å². The summed E-state index contributed by atoms with van der Waals surface area (Å²) in [7, 11) is 1.52. The monoisotopic (exact) mass is 350 g/mol.